The molecule has 0 bridgehead atoms. The van der Waals surface area contributed by atoms with Crippen LogP contribution in [0.3, 0.4) is 0 Å². The van der Waals surface area contributed by atoms with Crippen LogP contribution in [-0.2, 0) is 0 Å². The van der Waals surface area contributed by atoms with Crippen molar-refractivity contribution in [2.45, 2.75) is 20.3 Å². The fourth-order valence-corrected chi connectivity index (χ4v) is 6.53. The molecule has 7 rings (SSSR count). The van der Waals surface area contributed by atoms with Gasteiger partial charge in [0.1, 0.15) is 23.1 Å². The molecule has 0 radical (unpaired) electrons. The SMILES string of the molecule is CCC.CNc1nc2ccc(Oc3cnc(-c4ccc(N5CCN(C)CC5)nc4)c(-c4ccc(N5CCN(C)CC5)nc4)c3)cc2s1. The molecular weight excluding hydrogens is 607 g/mol. The number of aromatic nitrogens is 4. The summed E-state index contributed by atoms with van der Waals surface area (Å²) in [4.78, 5) is 28.6. The van der Waals surface area contributed by atoms with Gasteiger partial charge < -0.3 is 29.7 Å². The molecule has 0 spiro atoms. The lowest BCUT2D eigenvalue weighted by Gasteiger charge is -2.33. The molecule has 6 heterocycles. The average molecular weight is 652 g/mol. The Labute approximate surface area is 282 Å². The average Bonchev–Trinajstić information content (AvgIpc) is 3.52. The molecule has 11 heteroatoms. The molecule has 2 saturated heterocycles. The monoisotopic (exact) mass is 651 g/mol. The van der Waals surface area contributed by atoms with E-state index in [-0.39, 0.29) is 0 Å². The topological polar surface area (TPSA) is 85.8 Å². The van der Waals surface area contributed by atoms with Crippen LogP contribution in [0.5, 0.6) is 11.5 Å². The van der Waals surface area contributed by atoms with E-state index in [0.717, 1.165) is 107 Å². The second-order valence-corrected chi connectivity index (χ2v) is 13.2. The molecule has 2 aliphatic heterocycles. The summed E-state index contributed by atoms with van der Waals surface area (Å²) in [5.41, 5.74) is 4.68. The maximum absolute atomic E-state index is 6.35. The van der Waals surface area contributed by atoms with Crippen LogP contribution in [0, 0.1) is 0 Å². The van der Waals surface area contributed by atoms with E-state index in [2.05, 4.69) is 88.2 Å². The fourth-order valence-electron chi connectivity index (χ4n) is 5.68. The molecule has 0 unspecified atom stereocenters. The number of rotatable bonds is 7. The van der Waals surface area contributed by atoms with Crippen molar-refractivity contribution in [3.63, 3.8) is 0 Å². The molecule has 4 aromatic heterocycles. The van der Waals surface area contributed by atoms with Gasteiger partial charge in [-0.2, -0.15) is 0 Å². The smallest absolute Gasteiger partial charge is 0.183 e. The van der Waals surface area contributed by atoms with Gasteiger partial charge in [-0.3, -0.25) is 4.98 Å². The van der Waals surface area contributed by atoms with Crippen molar-refractivity contribution in [3.05, 3.63) is 67.1 Å². The summed E-state index contributed by atoms with van der Waals surface area (Å²) in [6.45, 7) is 12.3. The van der Waals surface area contributed by atoms with Crippen LogP contribution in [0.4, 0.5) is 16.8 Å². The van der Waals surface area contributed by atoms with Gasteiger partial charge in [-0.05, 0) is 56.6 Å². The molecule has 2 aliphatic rings. The maximum Gasteiger partial charge on any atom is 0.183 e. The van der Waals surface area contributed by atoms with Gasteiger partial charge in [-0.25, -0.2) is 15.0 Å². The normalized spacial score (nSPS) is 15.8. The molecule has 1 N–H and O–H groups in total. The van der Waals surface area contributed by atoms with Crippen LogP contribution >= 0.6 is 11.3 Å². The predicted molar refractivity (Wildman–Crippen MR) is 195 cm³/mol. The number of thiazole rings is 1. The fraction of sp³-hybridized carbons (Fsp3) is 0.389. The number of piperazine rings is 2. The number of nitrogens with zero attached hydrogens (tertiary/aromatic N) is 8. The van der Waals surface area contributed by atoms with Crippen LogP contribution in [0.2, 0.25) is 0 Å². The minimum atomic E-state index is 0.659. The zero-order valence-electron chi connectivity index (χ0n) is 28.1. The lowest BCUT2D eigenvalue weighted by molar-refractivity contribution is 0.312. The van der Waals surface area contributed by atoms with Crippen molar-refractivity contribution in [2.75, 3.05) is 88.6 Å². The number of anilines is 3. The Balaban J connectivity index is 0.00000124. The summed E-state index contributed by atoms with van der Waals surface area (Å²) in [5, 5.41) is 4.00. The Kier molecular flexibility index (Phi) is 10.4. The van der Waals surface area contributed by atoms with Gasteiger partial charge in [0.05, 0.1) is 22.1 Å². The quantitative estimate of drug-likeness (QED) is 0.209. The summed E-state index contributed by atoms with van der Waals surface area (Å²) in [6, 6.07) is 16.5. The van der Waals surface area contributed by atoms with Gasteiger partial charge in [0, 0.05) is 94.6 Å². The van der Waals surface area contributed by atoms with Gasteiger partial charge in [0.15, 0.2) is 5.13 Å². The van der Waals surface area contributed by atoms with Gasteiger partial charge in [0.25, 0.3) is 0 Å². The summed E-state index contributed by atoms with van der Waals surface area (Å²) >= 11 is 1.60. The summed E-state index contributed by atoms with van der Waals surface area (Å²) in [6.07, 6.45) is 6.92. The number of hydrogen-bond donors (Lipinski definition) is 1. The third kappa shape index (κ3) is 7.81. The van der Waals surface area contributed by atoms with E-state index < -0.39 is 0 Å². The summed E-state index contributed by atoms with van der Waals surface area (Å²) in [7, 11) is 6.21. The highest BCUT2D eigenvalue weighted by Gasteiger charge is 2.19. The van der Waals surface area contributed by atoms with Gasteiger partial charge in [0.2, 0.25) is 0 Å². The number of hydrogen-bond acceptors (Lipinski definition) is 11. The van der Waals surface area contributed by atoms with Crippen LogP contribution < -0.4 is 19.9 Å². The lowest BCUT2D eigenvalue weighted by atomic mass is 10.0. The van der Waals surface area contributed by atoms with Crippen molar-refractivity contribution < 1.29 is 4.74 Å². The number of nitrogens with one attached hydrogen (secondary N) is 1. The van der Waals surface area contributed by atoms with Crippen LogP contribution in [-0.4, -0.2) is 103 Å². The Morgan fingerprint density at radius 2 is 1.30 bits per heavy atom. The first-order valence-electron chi connectivity index (χ1n) is 16.5. The molecule has 10 nitrogen and oxygen atoms in total. The minimum Gasteiger partial charge on any atom is -0.456 e. The highest BCUT2D eigenvalue weighted by atomic mass is 32.1. The van der Waals surface area contributed by atoms with Gasteiger partial charge in [-0.1, -0.05) is 31.6 Å². The summed E-state index contributed by atoms with van der Waals surface area (Å²) < 4.78 is 7.42. The number of benzene rings is 1. The van der Waals surface area contributed by atoms with Crippen LogP contribution in [0.1, 0.15) is 20.3 Å². The zero-order valence-corrected chi connectivity index (χ0v) is 28.9. The van der Waals surface area contributed by atoms with Crippen molar-refractivity contribution in [3.8, 4) is 33.9 Å². The number of likely N-dealkylation sites (N-methyl/N-ethyl adjacent to an activating group) is 2. The van der Waals surface area contributed by atoms with Crippen molar-refractivity contribution >= 4 is 38.3 Å². The Hall–Kier alpha value is -4.32. The molecule has 246 valence electrons. The number of fused-ring (bicyclic) bond motifs is 1. The molecule has 47 heavy (non-hydrogen) atoms. The largest absolute Gasteiger partial charge is 0.456 e. The molecule has 1 aromatic carbocycles. The number of pyridine rings is 3. The first-order chi connectivity index (χ1) is 22.9. The second-order valence-electron chi connectivity index (χ2n) is 12.2. The zero-order chi connectivity index (χ0) is 32.8. The molecule has 0 atom stereocenters. The van der Waals surface area contributed by atoms with E-state index in [9.17, 15) is 0 Å². The van der Waals surface area contributed by atoms with E-state index in [1.807, 2.05) is 37.6 Å². The molecular formula is C36H45N9OS. The Morgan fingerprint density at radius 1 is 0.702 bits per heavy atom. The third-order valence-electron chi connectivity index (χ3n) is 8.41. The van der Waals surface area contributed by atoms with Gasteiger partial charge >= 0.3 is 0 Å². The minimum absolute atomic E-state index is 0.659. The standard InChI is InChI=1S/C33H37N9OS.C3H8/c1-34-33-38-28-7-6-25(19-29(28)44-33)43-26-18-27(23-4-8-30(35-20-23)41-14-10-39(2)11-15-41)32(37-22-26)24-5-9-31(36-21-24)42-16-12-40(3)13-17-42;1-3-2/h4-9,18-22H,10-17H2,1-3H3,(H,34,38);3H2,1-2H3. The van der Waals surface area contributed by atoms with E-state index in [0.29, 0.717) is 5.75 Å². The van der Waals surface area contributed by atoms with Crippen molar-refractivity contribution in [1.82, 2.24) is 29.7 Å². The first-order valence-corrected chi connectivity index (χ1v) is 17.3. The lowest BCUT2D eigenvalue weighted by Crippen LogP contribution is -2.44. The van der Waals surface area contributed by atoms with Crippen molar-refractivity contribution in [2.24, 2.45) is 0 Å². The molecule has 0 aliphatic carbocycles. The third-order valence-corrected chi connectivity index (χ3v) is 9.44. The first kappa shape index (κ1) is 32.6. The van der Waals surface area contributed by atoms with E-state index in [4.69, 9.17) is 19.7 Å². The summed E-state index contributed by atoms with van der Waals surface area (Å²) in [5.74, 6) is 3.40. The Morgan fingerprint density at radius 3 is 1.85 bits per heavy atom. The highest BCUT2D eigenvalue weighted by Crippen LogP contribution is 2.36. The molecule has 5 aromatic rings. The Bertz CT molecular complexity index is 1740. The van der Waals surface area contributed by atoms with E-state index in [1.54, 1.807) is 17.5 Å². The second kappa shape index (κ2) is 15.1. The van der Waals surface area contributed by atoms with Crippen LogP contribution in [0.15, 0.2) is 67.1 Å². The predicted octanol–water partition coefficient (Wildman–Crippen LogP) is 6.57. The van der Waals surface area contributed by atoms with E-state index in [1.165, 1.54) is 6.42 Å². The highest BCUT2D eigenvalue weighted by molar-refractivity contribution is 7.22. The molecule has 0 amide bonds. The van der Waals surface area contributed by atoms with Crippen LogP contribution in [0.25, 0.3) is 32.6 Å². The molecule has 0 saturated carbocycles. The molecule has 2 fully saturated rings. The van der Waals surface area contributed by atoms with Crippen molar-refractivity contribution in [1.29, 1.82) is 0 Å². The van der Waals surface area contributed by atoms with E-state index >= 15 is 0 Å². The maximum atomic E-state index is 6.35. The number of ether oxygens (including phenoxy) is 1. The van der Waals surface area contributed by atoms with Gasteiger partial charge in [-0.15, -0.1) is 0 Å².